The first-order valence-electron chi connectivity index (χ1n) is 21.4. The zero-order valence-electron chi connectivity index (χ0n) is 34.5. The third-order valence-electron chi connectivity index (χ3n) is 12.2. The molecule has 298 valence electrons. The zero-order valence-corrected chi connectivity index (χ0v) is 34.5. The molecule has 0 atom stereocenters. The number of nitrogens with zero attached hydrogens (tertiary/aromatic N) is 6. The van der Waals surface area contributed by atoms with Crippen molar-refractivity contribution >= 4 is 43.6 Å². The van der Waals surface area contributed by atoms with E-state index in [4.69, 9.17) is 15.0 Å². The average molecular weight is 817 g/mol. The van der Waals surface area contributed by atoms with Crippen LogP contribution in [-0.2, 0) is 0 Å². The Morgan fingerprint density at radius 2 is 0.750 bits per heavy atom. The van der Waals surface area contributed by atoms with E-state index >= 15 is 0 Å². The van der Waals surface area contributed by atoms with Crippen LogP contribution in [0.5, 0.6) is 0 Å². The Morgan fingerprint density at radius 3 is 1.30 bits per heavy atom. The van der Waals surface area contributed by atoms with Crippen LogP contribution < -0.4 is 0 Å². The van der Waals surface area contributed by atoms with Crippen molar-refractivity contribution in [1.82, 2.24) is 24.1 Å². The van der Waals surface area contributed by atoms with Gasteiger partial charge >= 0.3 is 0 Å². The maximum absolute atomic E-state index is 11.5. The fraction of sp³-hybridized carbons (Fsp3) is 0. The number of aromatic nitrogens is 5. The Bertz CT molecular complexity index is 3710. The molecule has 0 radical (unpaired) electrons. The van der Waals surface area contributed by atoms with Crippen molar-refractivity contribution in [1.29, 1.82) is 5.26 Å². The maximum atomic E-state index is 11.5. The second-order valence-electron chi connectivity index (χ2n) is 15.8. The molecule has 0 aliphatic rings. The van der Waals surface area contributed by atoms with Gasteiger partial charge < -0.3 is 9.13 Å². The number of rotatable bonds is 7. The molecule has 0 fully saturated rings. The lowest BCUT2D eigenvalue weighted by molar-refractivity contribution is 1.06. The molecule has 6 nitrogen and oxygen atoms in total. The molecule has 0 saturated carbocycles. The number of hydrogen-bond acceptors (Lipinski definition) is 4. The predicted octanol–water partition coefficient (Wildman–Crippen LogP) is 14.3. The summed E-state index contributed by atoms with van der Waals surface area (Å²) in [6.45, 7) is 0. The van der Waals surface area contributed by atoms with Crippen molar-refractivity contribution < 1.29 is 0 Å². The molecule has 3 aromatic heterocycles. The minimum atomic E-state index is 0.472. The van der Waals surface area contributed by atoms with E-state index in [9.17, 15) is 5.26 Å². The van der Waals surface area contributed by atoms with Crippen LogP contribution in [0.3, 0.4) is 0 Å². The summed E-state index contributed by atoms with van der Waals surface area (Å²) in [5, 5.41) is 16.0. The van der Waals surface area contributed by atoms with Crippen LogP contribution in [0.25, 0.3) is 111 Å². The molecule has 9 aromatic carbocycles. The third kappa shape index (κ3) is 5.91. The first kappa shape index (κ1) is 36.9. The molecule has 0 N–H and O–H groups in total. The largest absolute Gasteiger partial charge is 0.309 e. The van der Waals surface area contributed by atoms with Crippen LogP contribution >= 0.6 is 0 Å². The summed E-state index contributed by atoms with van der Waals surface area (Å²) in [5.41, 5.74) is 13.0. The Hall–Kier alpha value is -8.92. The fourth-order valence-electron chi connectivity index (χ4n) is 9.49. The van der Waals surface area contributed by atoms with E-state index in [0.717, 1.165) is 71.9 Å². The topological polar surface area (TPSA) is 72.3 Å². The molecule has 0 aliphatic heterocycles. The lowest BCUT2D eigenvalue weighted by Crippen LogP contribution is -2.06. The van der Waals surface area contributed by atoms with Gasteiger partial charge in [0, 0.05) is 49.5 Å². The molecule has 0 amide bonds. The lowest BCUT2D eigenvalue weighted by atomic mass is 9.94. The summed E-state index contributed by atoms with van der Waals surface area (Å²) in [7, 11) is 0. The second kappa shape index (κ2) is 15.2. The maximum Gasteiger partial charge on any atom is 0.166 e. The van der Waals surface area contributed by atoms with Crippen LogP contribution in [0.2, 0.25) is 0 Å². The second-order valence-corrected chi connectivity index (χ2v) is 15.8. The number of para-hydroxylation sites is 3. The van der Waals surface area contributed by atoms with Gasteiger partial charge in [-0.2, -0.15) is 5.26 Å². The van der Waals surface area contributed by atoms with Gasteiger partial charge in [-0.25, -0.2) is 15.0 Å². The normalized spacial score (nSPS) is 11.4. The van der Waals surface area contributed by atoms with Gasteiger partial charge in [0.1, 0.15) is 6.07 Å². The van der Waals surface area contributed by atoms with E-state index < -0.39 is 0 Å². The van der Waals surface area contributed by atoms with Gasteiger partial charge in [0.25, 0.3) is 0 Å². The number of hydrogen-bond donors (Lipinski definition) is 0. The van der Waals surface area contributed by atoms with Gasteiger partial charge in [-0.3, -0.25) is 0 Å². The fourth-order valence-corrected chi connectivity index (χ4v) is 9.49. The minimum absolute atomic E-state index is 0.472. The monoisotopic (exact) mass is 816 g/mol. The van der Waals surface area contributed by atoms with Gasteiger partial charge in [-0.15, -0.1) is 0 Å². The van der Waals surface area contributed by atoms with Crippen molar-refractivity contribution in [3.8, 4) is 73.9 Å². The molecule has 64 heavy (non-hydrogen) atoms. The van der Waals surface area contributed by atoms with Crippen LogP contribution in [0.4, 0.5) is 0 Å². The highest BCUT2D eigenvalue weighted by Gasteiger charge is 2.26. The predicted molar refractivity (Wildman–Crippen MR) is 260 cm³/mol. The summed E-state index contributed by atoms with van der Waals surface area (Å²) < 4.78 is 4.62. The molecule has 0 bridgehead atoms. The summed E-state index contributed by atoms with van der Waals surface area (Å²) in [6.07, 6.45) is 0. The summed E-state index contributed by atoms with van der Waals surface area (Å²) in [4.78, 5) is 15.4. The summed E-state index contributed by atoms with van der Waals surface area (Å²) >= 11 is 0. The van der Waals surface area contributed by atoms with Crippen molar-refractivity contribution in [3.05, 3.63) is 224 Å². The van der Waals surface area contributed by atoms with E-state index in [1.807, 2.05) is 84.9 Å². The van der Waals surface area contributed by atoms with E-state index in [-0.39, 0.29) is 0 Å². The molecular weight excluding hydrogens is 781 g/mol. The molecule has 0 spiro atoms. The third-order valence-corrected chi connectivity index (χ3v) is 12.2. The Balaban J connectivity index is 1.19. The van der Waals surface area contributed by atoms with E-state index in [1.165, 1.54) is 10.8 Å². The Labute approximate surface area is 369 Å². The molecular formula is C58H36N6. The van der Waals surface area contributed by atoms with Gasteiger partial charge in [0.15, 0.2) is 17.5 Å². The number of nitriles is 1. The molecule has 0 saturated heterocycles. The average Bonchev–Trinajstić information content (AvgIpc) is 3.90. The first-order chi connectivity index (χ1) is 31.7. The van der Waals surface area contributed by atoms with E-state index in [2.05, 4.69) is 149 Å². The van der Waals surface area contributed by atoms with Crippen molar-refractivity contribution in [2.75, 3.05) is 0 Å². The molecule has 12 aromatic rings. The smallest absolute Gasteiger partial charge is 0.166 e. The van der Waals surface area contributed by atoms with Crippen molar-refractivity contribution in [2.24, 2.45) is 0 Å². The van der Waals surface area contributed by atoms with Crippen LogP contribution in [0, 0.1) is 11.3 Å². The highest BCUT2D eigenvalue weighted by molar-refractivity contribution is 6.22. The summed E-state index contributed by atoms with van der Waals surface area (Å²) in [6, 6.07) is 77.9. The lowest BCUT2D eigenvalue weighted by Gasteiger charge is -2.19. The highest BCUT2D eigenvalue weighted by atomic mass is 15.1. The summed E-state index contributed by atoms with van der Waals surface area (Å²) in [5.74, 6) is 1.57. The number of benzene rings is 9. The first-order valence-corrected chi connectivity index (χ1v) is 21.4. The molecule has 0 aliphatic carbocycles. The SMILES string of the molecule is N#Cc1c(-c2ccccc2)ccc(-c2nc(-c3ccccc3)nc(-c3ccccc3)n2)c1-n1c2ccccc2c2c(-c3cccc4c3c3ccccc3n4-c3ccccc3)cccc21. The van der Waals surface area contributed by atoms with E-state index in [1.54, 1.807) is 0 Å². The van der Waals surface area contributed by atoms with Gasteiger partial charge in [-0.05, 0) is 59.2 Å². The van der Waals surface area contributed by atoms with Crippen LogP contribution in [0.15, 0.2) is 218 Å². The van der Waals surface area contributed by atoms with Crippen LogP contribution in [0.1, 0.15) is 5.56 Å². The number of fused-ring (bicyclic) bond motifs is 6. The Kier molecular flexibility index (Phi) is 8.77. The van der Waals surface area contributed by atoms with Crippen molar-refractivity contribution in [3.63, 3.8) is 0 Å². The zero-order chi connectivity index (χ0) is 42.6. The Morgan fingerprint density at radius 1 is 0.328 bits per heavy atom. The van der Waals surface area contributed by atoms with E-state index in [0.29, 0.717) is 34.3 Å². The molecule has 12 rings (SSSR count). The molecule has 3 heterocycles. The van der Waals surface area contributed by atoms with Gasteiger partial charge in [-0.1, -0.05) is 176 Å². The van der Waals surface area contributed by atoms with Crippen molar-refractivity contribution in [2.45, 2.75) is 0 Å². The van der Waals surface area contributed by atoms with Gasteiger partial charge in [0.2, 0.25) is 0 Å². The quantitative estimate of drug-likeness (QED) is 0.161. The van der Waals surface area contributed by atoms with Gasteiger partial charge in [0.05, 0.1) is 33.3 Å². The molecule has 0 unspecified atom stereocenters. The molecule has 6 heteroatoms. The highest BCUT2D eigenvalue weighted by Crippen LogP contribution is 2.46. The minimum Gasteiger partial charge on any atom is -0.309 e. The van der Waals surface area contributed by atoms with Crippen LogP contribution in [-0.4, -0.2) is 24.1 Å². The standard InChI is InChI=1S/C58H36N6/c59-37-48-42(38-19-5-1-6-20-38)35-36-47(58-61-56(39-21-7-2-8-22-39)60-57(62-58)40-23-9-3-10-24-40)55(48)64-50-32-16-14-28-46(50)54-44(30-18-34-52(54)64)43-29-17-33-51-53(43)45-27-13-15-31-49(45)63(51)41-25-11-4-12-26-41/h1-36H.